The number of aromatic nitrogens is 1. The minimum atomic E-state index is -0.0267. The van der Waals surface area contributed by atoms with Crippen molar-refractivity contribution in [2.75, 3.05) is 18.4 Å². The second-order valence-electron chi connectivity index (χ2n) is 6.76. The largest absolute Gasteiger partial charge is 0.324 e. The molecular weight excluding hydrogens is 286 g/mol. The summed E-state index contributed by atoms with van der Waals surface area (Å²) in [6, 6.07) is 11.8. The summed E-state index contributed by atoms with van der Waals surface area (Å²) in [4.78, 5) is 14.4. The Morgan fingerprint density at radius 2 is 1.52 bits per heavy atom. The highest BCUT2D eigenvalue weighted by molar-refractivity contribution is 5.89. The van der Waals surface area contributed by atoms with Crippen LogP contribution in [0.2, 0.25) is 0 Å². The smallest absolute Gasteiger partial charge is 0.321 e. The molecule has 0 aliphatic heterocycles. The Morgan fingerprint density at radius 1 is 1.00 bits per heavy atom. The summed E-state index contributed by atoms with van der Waals surface area (Å²) in [5.41, 5.74) is 1.90. The van der Waals surface area contributed by atoms with Gasteiger partial charge in [0.1, 0.15) is 0 Å². The molecule has 0 spiro atoms. The van der Waals surface area contributed by atoms with E-state index in [9.17, 15) is 4.79 Å². The molecule has 0 saturated heterocycles. The summed E-state index contributed by atoms with van der Waals surface area (Å²) >= 11 is 0. The quantitative estimate of drug-likeness (QED) is 0.830. The van der Waals surface area contributed by atoms with Gasteiger partial charge in [0.15, 0.2) is 0 Å². The molecule has 0 aliphatic carbocycles. The zero-order valence-electron chi connectivity index (χ0n) is 14.5. The molecule has 2 amide bonds. The summed E-state index contributed by atoms with van der Waals surface area (Å²) < 4.78 is 2.04. The minimum Gasteiger partial charge on any atom is -0.324 e. The first-order valence-electron chi connectivity index (χ1n) is 8.25. The molecule has 1 heterocycles. The lowest BCUT2D eigenvalue weighted by Crippen LogP contribution is -2.39. The van der Waals surface area contributed by atoms with Crippen LogP contribution in [0.1, 0.15) is 27.7 Å². The number of nitrogens with one attached hydrogen (secondary N) is 1. The number of hydrogen-bond acceptors (Lipinski definition) is 1. The molecule has 0 aliphatic rings. The van der Waals surface area contributed by atoms with E-state index < -0.39 is 0 Å². The molecule has 0 radical (unpaired) electrons. The van der Waals surface area contributed by atoms with Crippen molar-refractivity contribution in [1.29, 1.82) is 0 Å². The van der Waals surface area contributed by atoms with Gasteiger partial charge in [-0.1, -0.05) is 27.7 Å². The van der Waals surface area contributed by atoms with Crippen molar-refractivity contribution in [2.24, 2.45) is 11.8 Å². The van der Waals surface area contributed by atoms with E-state index in [0.29, 0.717) is 11.8 Å². The SMILES string of the molecule is CC(C)CN(CC(C)C)C(=O)Nc1ccc(-n2cccc2)cc1. The molecule has 0 atom stereocenters. The van der Waals surface area contributed by atoms with E-state index in [-0.39, 0.29) is 6.03 Å². The molecule has 1 aromatic carbocycles. The summed E-state index contributed by atoms with van der Waals surface area (Å²) in [6.45, 7) is 10.1. The van der Waals surface area contributed by atoms with Crippen LogP contribution in [0.25, 0.3) is 5.69 Å². The molecule has 0 fully saturated rings. The molecule has 1 aromatic heterocycles. The van der Waals surface area contributed by atoms with Crippen LogP contribution in [0.3, 0.4) is 0 Å². The van der Waals surface area contributed by atoms with Crippen LogP contribution in [0.5, 0.6) is 0 Å². The average molecular weight is 313 g/mol. The van der Waals surface area contributed by atoms with Gasteiger partial charge in [-0.25, -0.2) is 4.79 Å². The lowest BCUT2D eigenvalue weighted by molar-refractivity contribution is 0.196. The fraction of sp³-hybridized carbons (Fsp3) is 0.421. The van der Waals surface area contributed by atoms with Crippen molar-refractivity contribution in [3.63, 3.8) is 0 Å². The zero-order valence-corrected chi connectivity index (χ0v) is 14.5. The maximum atomic E-state index is 12.5. The monoisotopic (exact) mass is 313 g/mol. The predicted octanol–water partition coefficient (Wildman–Crippen LogP) is 4.62. The molecule has 0 unspecified atom stereocenters. The summed E-state index contributed by atoms with van der Waals surface area (Å²) in [5, 5.41) is 3.00. The molecule has 1 N–H and O–H groups in total. The lowest BCUT2D eigenvalue weighted by Gasteiger charge is -2.26. The number of urea groups is 1. The molecule has 2 aromatic rings. The first-order valence-corrected chi connectivity index (χ1v) is 8.25. The van der Waals surface area contributed by atoms with Gasteiger partial charge in [-0.3, -0.25) is 0 Å². The number of carbonyl (C=O) groups excluding carboxylic acids is 1. The minimum absolute atomic E-state index is 0.0267. The van der Waals surface area contributed by atoms with Gasteiger partial charge in [-0.2, -0.15) is 0 Å². The molecule has 0 saturated carbocycles. The van der Waals surface area contributed by atoms with Gasteiger partial charge in [-0.15, -0.1) is 0 Å². The van der Waals surface area contributed by atoms with E-state index >= 15 is 0 Å². The van der Waals surface area contributed by atoms with Gasteiger partial charge in [-0.05, 0) is 48.2 Å². The number of anilines is 1. The number of benzene rings is 1. The number of carbonyl (C=O) groups is 1. The van der Waals surface area contributed by atoms with Gasteiger partial charge >= 0.3 is 6.03 Å². The predicted molar refractivity (Wildman–Crippen MR) is 96.0 cm³/mol. The Morgan fingerprint density at radius 3 is 2.00 bits per heavy atom. The lowest BCUT2D eigenvalue weighted by atomic mass is 10.1. The van der Waals surface area contributed by atoms with Crippen LogP contribution in [0.4, 0.5) is 10.5 Å². The first-order chi connectivity index (χ1) is 11.0. The van der Waals surface area contributed by atoms with Gasteiger partial charge in [0.2, 0.25) is 0 Å². The van der Waals surface area contributed by atoms with Gasteiger partial charge in [0.05, 0.1) is 0 Å². The topological polar surface area (TPSA) is 37.3 Å². The number of amides is 2. The summed E-state index contributed by atoms with van der Waals surface area (Å²) in [6.07, 6.45) is 4.00. The molecule has 4 nitrogen and oxygen atoms in total. The average Bonchev–Trinajstić information content (AvgIpc) is 3.00. The van der Waals surface area contributed by atoms with Crippen LogP contribution in [-0.2, 0) is 0 Å². The number of rotatable bonds is 6. The summed E-state index contributed by atoms with van der Waals surface area (Å²) in [5.74, 6) is 0.909. The molecule has 23 heavy (non-hydrogen) atoms. The van der Waals surface area contributed by atoms with E-state index in [1.165, 1.54) is 0 Å². The Hall–Kier alpha value is -2.23. The van der Waals surface area contributed by atoms with Crippen LogP contribution >= 0.6 is 0 Å². The van der Waals surface area contributed by atoms with E-state index in [1.54, 1.807) is 0 Å². The Labute approximate surface area is 139 Å². The molecule has 124 valence electrons. The van der Waals surface area contributed by atoms with Crippen molar-refractivity contribution in [3.05, 3.63) is 48.8 Å². The van der Waals surface area contributed by atoms with E-state index in [1.807, 2.05) is 58.3 Å². The van der Waals surface area contributed by atoms with Crippen molar-refractivity contribution >= 4 is 11.7 Å². The molecule has 4 heteroatoms. The van der Waals surface area contributed by atoms with E-state index in [2.05, 4.69) is 33.0 Å². The van der Waals surface area contributed by atoms with E-state index in [4.69, 9.17) is 0 Å². The summed E-state index contributed by atoms with van der Waals surface area (Å²) in [7, 11) is 0. The number of hydrogen-bond donors (Lipinski definition) is 1. The van der Waals surface area contributed by atoms with Gasteiger partial charge in [0, 0.05) is 36.9 Å². The third kappa shape index (κ3) is 5.16. The van der Waals surface area contributed by atoms with Crippen molar-refractivity contribution in [1.82, 2.24) is 9.47 Å². The maximum absolute atomic E-state index is 12.5. The third-order valence-corrected chi connectivity index (χ3v) is 3.48. The van der Waals surface area contributed by atoms with Crippen molar-refractivity contribution in [3.8, 4) is 5.69 Å². The number of nitrogens with zero attached hydrogens (tertiary/aromatic N) is 2. The fourth-order valence-corrected chi connectivity index (χ4v) is 2.55. The standard InChI is InChI=1S/C19H27N3O/c1-15(2)13-22(14-16(3)4)19(23)20-17-7-9-18(10-8-17)21-11-5-6-12-21/h5-12,15-16H,13-14H2,1-4H3,(H,20,23). The van der Waals surface area contributed by atoms with Crippen LogP contribution in [-0.4, -0.2) is 28.6 Å². The van der Waals surface area contributed by atoms with Crippen LogP contribution in [0.15, 0.2) is 48.8 Å². The molecular formula is C19H27N3O. The fourth-order valence-electron chi connectivity index (χ4n) is 2.55. The van der Waals surface area contributed by atoms with Crippen molar-refractivity contribution in [2.45, 2.75) is 27.7 Å². The van der Waals surface area contributed by atoms with Crippen LogP contribution < -0.4 is 5.32 Å². The Bertz CT molecular complexity index is 590. The Kier molecular flexibility index (Phi) is 5.85. The highest BCUT2D eigenvalue weighted by Crippen LogP contribution is 2.15. The van der Waals surface area contributed by atoms with Crippen molar-refractivity contribution < 1.29 is 4.79 Å². The second kappa shape index (κ2) is 7.86. The molecule has 2 rings (SSSR count). The highest BCUT2D eigenvalue weighted by Gasteiger charge is 2.16. The second-order valence-corrected chi connectivity index (χ2v) is 6.76. The van der Waals surface area contributed by atoms with Crippen LogP contribution in [0, 0.1) is 11.8 Å². The van der Waals surface area contributed by atoms with E-state index in [0.717, 1.165) is 24.5 Å². The zero-order chi connectivity index (χ0) is 16.8. The van der Waals surface area contributed by atoms with Gasteiger partial charge in [0.25, 0.3) is 0 Å². The molecule has 0 bridgehead atoms. The third-order valence-electron chi connectivity index (χ3n) is 3.48. The Balaban J connectivity index is 2.02. The van der Waals surface area contributed by atoms with Gasteiger partial charge < -0.3 is 14.8 Å². The first kappa shape index (κ1) is 17.1. The highest BCUT2D eigenvalue weighted by atomic mass is 16.2. The normalized spacial score (nSPS) is 11.0. The maximum Gasteiger partial charge on any atom is 0.321 e.